The van der Waals surface area contributed by atoms with Crippen LogP contribution in [0.15, 0.2) is 60.7 Å². The Kier molecular flexibility index (Phi) is 8.48. The summed E-state index contributed by atoms with van der Waals surface area (Å²) in [5.74, 6) is 0.726. The second-order valence-corrected chi connectivity index (χ2v) is 10.5. The molecule has 5 rings (SSSR count). The molecule has 0 amide bonds. The van der Waals surface area contributed by atoms with E-state index in [1.54, 1.807) is 12.1 Å². The normalized spacial score (nSPS) is 11.9. The number of rotatable bonds is 9. The van der Waals surface area contributed by atoms with Crippen LogP contribution >= 0.6 is 0 Å². The second-order valence-electron chi connectivity index (χ2n) is 9.05. The molecule has 0 radical (unpaired) electrons. The summed E-state index contributed by atoms with van der Waals surface area (Å²) in [6.45, 7) is 8.23. The molecule has 11 nitrogen and oxygen atoms in total. The van der Waals surface area contributed by atoms with Crippen molar-refractivity contribution in [3.63, 3.8) is 0 Å². The van der Waals surface area contributed by atoms with E-state index in [0.29, 0.717) is 25.1 Å². The number of likely N-dealkylation sites (N-methyl/N-ethyl adjacent to an activating group) is 1. The van der Waals surface area contributed by atoms with Gasteiger partial charge < -0.3 is 15.0 Å². The van der Waals surface area contributed by atoms with Crippen LogP contribution < -0.4 is 10.1 Å². The number of benzene rings is 3. The van der Waals surface area contributed by atoms with Crippen LogP contribution in [-0.4, -0.2) is 58.5 Å². The highest BCUT2D eigenvalue weighted by Crippen LogP contribution is 2.48. The molecule has 2 heterocycles. The minimum atomic E-state index is -3.67. The monoisotopic (exact) mass is 553 g/mol. The van der Waals surface area contributed by atoms with Crippen molar-refractivity contribution in [1.29, 1.82) is 0 Å². The first-order valence-corrected chi connectivity index (χ1v) is 14.3. The third kappa shape index (κ3) is 6.72. The van der Waals surface area contributed by atoms with Gasteiger partial charge in [0.25, 0.3) is 15.8 Å². The van der Waals surface area contributed by atoms with Gasteiger partial charge in [0, 0.05) is 23.9 Å². The Bertz CT molecular complexity index is 1580. The summed E-state index contributed by atoms with van der Waals surface area (Å²) in [5.41, 5.74) is 4.92. The van der Waals surface area contributed by atoms with E-state index in [9.17, 15) is 18.5 Å². The fourth-order valence-electron chi connectivity index (χ4n) is 4.47. The predicted molar refractivity (Wildman–Crippen MR) is 151 cm³/mol. The van der Waals surface area contributed by atoms with Gasteiger partial charge in [-0.15, -0.1) is 0 Å². The van der Waals surface area contributed by atoms with Crippen LogP contribution in [0.4, 0.5) is 17.1 Å². The maximum Gasteiger partial charge on any atom is 0.293 e. The lowest BCUT2D eigenvalue weighted by atomic mass is 9.99. The number of nitro benzene ring substituents is 1. The number of hydrogen-bond acceptors (Lipinski definition) is 8. The van der Waals surface area contributed by atoms with Crippen molar-refractivity contribution in [3.05, 3.63) is 76.3 Å². The molecule has 0 aliphatic carbocycles. The van der Waals surface area contributed by atoms with Crippen molar-refractivity contribution >= 4 is 38.1 Å². The minimum absolute atomic E-state index is 0.0482. The third-order valence-electron chi connectivity index (χ3n) is 6.37. The van der Waals surface area contributed by atoms with E-state index >= 15 is 0 Å². The quantitative estimate of drug-likeness (QED) is 0.145. The maximum absolute atomic E-state index is 11.8. The van der Waals surface area contributed by atoms with E-state index in [0.717, 1.165) is 58.8 Å². The number of nitrogens with one attached hydrogen (secondary N) is 1. The molecule has 0 bridgehead atoms. The van der Waals surface area contributed by atoms with Gasteiger partial charge >= 0.3 is 0 Å². The van der Waals surface area contributed by atoms with E-state index in [4.69, 9.17) is 14.4 Å². The van der Waals surface area contributed by atoms with Crippen LogP contribution in [0.3, 0.4) is 0 Å². The summed E-state index contributed by atoms with van der Waals surface area (Å²) < 4.78 is 33.9. The van der Waals surface area contributed by atoms with E-state index in [1.165, 1.54) is 0 Å². The van der Waals surface area contributed by atoms with E-state index in [-0.39, 0.29) is 10.6 Å². The van der Waals surface area contributed by atoms with Gasteiger partial charge in [-0.1, -0.05) is 44.2 Å². The number of nitrogens with zero attached hydrogens (tertiary/aromatic N) is 4. The molecule has 3 aromatic carbocycles. The summed E-state index contributed by atoms with van der Waals surface area (Å²) >= 11 is 0. The number of ether oxygens (including phenoxy) is 1. The zero-order valence-electron chi connectivity index (χ0n) is 22.0. The Balaban J connectivity index is 0.000000648. The summed E-state index contributed by atoms with van der Waals surface area (Å²) in [5, 5.41) is 20.8. The number of fused-ring (bicyclic) bond motifs is 2. The number of nitro groups is 1. The number of anilines is 2. The molecule has 1 aliphatic heterocycles. The Morgan fingerprint density at radius 1 is 1.10 bits per heavy atom. The summed E-state index contributed by atoms with van der Waals surface area (Å²) in [6.07, 6.45) is 0.715. The van der Waals surface area contributed by atoms with Crippen LogP contribution in [-0.2, 0) is 23.3 Å². The first-order chi connectivity index (χ1) is 18.6. The predicted octanol–water partition coefficient (Wildman–Crippen LogP) is 5.09. The van der Waals surface area contributed by atoms with Gasteiger partial charge in [-0.2, -0.15) is 13.5 Å². The second kappa shape index (κ2) is 11.8. The fourth-order valence-corrected chi connectivity index (χ4v) is 4.47. The molecular formula is C27H31N5O6S. The Labute approximate surface area is 226 Å². The number of aromatic nitrogens is 2. The molecule has 1 aromatic heterocycles. The lowest BCUT2D eigenvalue weighted by Gasteiger charge is -2.19. The van der Waals surface area contributed by atoms with Crippen molar-refractivity contribution in [2.24, 2.45) is 0 Å². The average molecular weight is 554 g/mol. The highest BCUT2D eigenvalue weighted by molar-refractivity contribution is 7.85. The lowest BCUT2D eigenvalue weighted by molar-refractivity contribution is -0.383. The van der Waals surface area contributed by atoms with Gasteiger partial charge in [-0.3, -0.25) is 19.3 Å². The van der Waals surface area contributed by atoms with Crippen LogP contribution in [0.25, 0.3) is 22.2 Å². The third-order valence-corrected chi connectivity index (χ3v) is 6.37. The van der Waals surface area contributed by atoms with Gasteiger partial charge in [0.2, 0.25) is 0 Å². The molecule has 12 heteroatoms. The van der Waals surface area contributed by atoms with Crippen LogP contribution in [0.1, 0.15) is 19.4 Å². The Morgan fingerprint density at radius 2 is 1.79 bits per heavy atom. The SMILES string of the molecule is CCN(CC)CCn1nc2c3c(c([N+](=O)[O-])ccc31)Nc1ccc(OCc3ccccc3)cc1-2.CS(=O)(=O)O. The van der Waals surface area contributed by atoms with Crippen LogP contribution in [0, 0.1) is 10.1 Å². The average Bonchev–Trinajstić information content (AvgIpc) is 3.28. The highest BCUT2D eigenvalue weighted by Gasteiger charge is 2.29. The highest BCUT2D eigenvalue weighted by atomic mass is 32.2. The van der Waals surface area contributed by atoms with Gasteiger partial charge in [0.15, 0.2) is 0 Å². The van der Waals surface area contributed by atoms with E-state index in [2.05, 4.69) is 24.1 Å². The van der Waals surface area contributed by atoms with Crippen molar-refractivity contribution in [3.8, 4) is 17.0 Å². The van der Waals surface area contributed by atoms with Gasteiger partial charge in [-0.25, -0.2) is 0 Å². The fraction of sp³-hybridized carbons (Fsp3) is 0.296. The molecule has 1 aliphatic rings. The molecule has 0 saturated heterocycles. The minimum Gasteiger partial charge on any atom is -0.489 e. The maximum atomic E-state index is 11.8. The lowest BCUT2D eigenvalue weighted by Crippen LogP contribution is -2.27. The molecule has 0 unspecified atom stereocenters. The molecule has 0 fully saturated rings. The van der Waals surface area contributed by atoms with Crippen molar-refractivity contribution < 1.29 is 22.6 Å². The van der Waals surface area contributed by atoms with Crippen molar-refractivity contribution in [2.75, 3.05) is 31.2 Å². The van der Waals surface area contributed by atoms with Crippen LogP contribution in [0.2, 0.25) is 0 Å². The van der Waals surface area contributed by atoms with Gasteiger partial charge in [0.05, 0.1) is 28.6 Å². The standard InChI is InChI=1S/C26H27N5O3.CH4O3S/c1-3-29(4-2)14-15-30-22-12-13-23(31(32)33)26-24(22)25(28-30)20-16-19(10-11-21(20)27-26)34-17-18-8-6-5-7-9-18;1-5(2,3)4/h5-13,16,27H,3-4,14-15,17H2,1-2H3;1H3,(H,2,3,4). The molecule has 0 saturated carbocycles. The molecule has 2 N–H and O–H groups in total. The smallest absolute Gasteiger partial charge is 0.293 e. The topological polar surface area (TPSA) is 140 Å². The summed E-state index contributed by atoms with van der Waals surface area (Å²) in [6, 6.07) is 19.1. The molecule has 39 heavy (non-hydrogen) atoms. The summed E-state index contributed by atoms with van der Waals surface area (Å²) in [7, 11) is -3.67. The first kappa shape index (κ1) is 28.0. The zero-order chi connectivity index (χ0) is 28.2. The zero-order valence-corrected chi connectivity index (χ0v) is 22.8. The van der Waals surface area contributed by atoms with Gasteiger partial charge in [-0.05, 0) is 42.9 Å². The molecule has 206 valence electrons. The first-order valence-electron chi connectivity index (χ1n) is 12.5. The molecule has 0 spiro atoms. The molecular weight excluding hydrogens is 522 g/mol. The van der Waals surface area contributed by atoms with Crippen molar-refractivity contribution in [2.45, 2.75) is 27.0 Å². The molecule has 4 aromatic rings. The molecule has 0 atom stereocenters. The van der Waals surface area contributed by atoms with Crippen LogP contribution in [0.5, 0.6) is 5.75 Å². The Hall–Kier alpha value is -4.00. The number of hydrogen-bond donors (Lipinski definition) is 2. The Morgan fingerprint density at radius 3 is 2.44 bits per heavy atom. The van der Waals surface area contributed by atoms with Crippen molar-refractivity contribution in [1.82, 2.24) is 14.7 Å². The summed E-state index contributed by atoms with van der Waals surface area (Å²) in [4.78, 5) is 13.7. The van der Waals surface area contributed by atoms with Gasteiger partial charge in [0.1, 0.15) is 23.7 Å². The largest absolute Gasteiger partial charge is 0.489 e. The van der Waals surface area contributed by atoms with E-state index in [1.807, 2.05) is 53.2 Å². The van der Waals surface area contributed by atoms with E-state index < -0.39 is 10.1 Å².